The molecule has 5 nitrogen and oxygen atoms in total. The highest BCUT2D eigenvalue weighted by atomic mass is 32.2. The van der Waals surface area contributed by atoms with Crippen LogP contribution >= 0.6 is 0 Å². The molecule has 1 saturated heterocycles. The van der Waals surface area contributed by atoms with Gasteiger partial charge in [-0.2, -0.15) is 0 Å². The van der Waals surface area contributed by atoms with Gasteiger partial charge < -0.3 is 9.67 Å². The molecule has 2 aliphatic rings. The van der Waals surface area contributed by atoms with Gasteiger partial charge in [0.25, 0.3) is 0 Å². The molecule has 0 amide bonds. The summed E-state index contributed by atoms with van der Waals surface area (Å²) in [5, 5.41) is 9.84. The summed E-state index contributed by atoms with van der Waals surface area (Å²) in [6, 6.07) is 0. The van der Waals surface area contributed by atoms with Gasteiger partial charge in [-0.3, -0.25) is 0 Å². The van der Waals surface area contributed by atoms with E-state index in [4.69, 9.17) is 0 Å². The normalized spacial score (nSPS) is 30.3. The Balaban J connectivity index is 1.74. The fourth-order valence-corrected chi connectivity index (χ4v) is 4.80. The van der Waals surface area contributed by atoms with E-state index < -0.39 is 15.9 Å². The number of sulfone groups is 1. The molecule has 3 rings (SSSR count). The minimum Gasteiger partial charge on any atom is -0.385 e. The molecule has 1 aromatic rings. The molecular formula is C12H18N2O3S. The first-order valence-electron chi connectivity index (χ1n) is 6.48. The fraction of sp³-hybridized carbons (Fsp3) is 0.750. The second-order valence-corrected chi connectivity index (χ2v) is 7.64. The molecule has 0 radical (unpaired) electrons. The molecule has 0 aliphatic carbocycles. The lowest BCUT2D eigenvalue weighted by Crippen LogP contribution is -2.14. The zero-order chi connectivity index (χ0) is 12.8. The molecule has 100 valence electrons. The molecule has 0 bridgehead atoms. The highest BCUT2D eigenvalue weighted by Crippen LogP contribution is 2.27. The number of imidazole rings is 1. The fourth-order valence-electron chi connectivity index (χ4n) is 2.94. The van der Waals surface area contributed by atoms with Gasteiger partial charge in [0.1, 0.15) is 11.9 Å². The lowest BCUT2D eigenvalue weighted by atomic mass is 10.0. The zero-order valence-electron chi connectivity index (χ0n) is 10.2. The maximum Gasteiger partial charge on any atom is 0.150 e. The summed E-state index contributed by atoms with van der Waals surface area (Å²) >= 11 is 0. The molecule has 0 saturated carbocycles. The van der Waals surface area contributed by atoms with Crippen molar-refractivity contribution in [1.82, 2.24) is 9.55 Å². The molecule has 18 heavy (non-hydrogen) atoms. The van der Waals surface area contributed by atoms with Crippen molar-refractivity contribution >= 4 is 9.84 Å². The molecule has 1 fully saturated rings. The van der Waals surface area contributed by atoms with Crippen LogP contribution in [0.15, 0.2) is 6.20 Å². The first-order valence-corrected chi connectivity index (χ1v) is 8.30. The van der Waals surface area contributed by atoms with Gasteiger partial charge in [-0.05, 0) is 31.6 Å². The second-order valence-electron chi connectivity index (χ2n) is 5.42. The standard InChI is InChI=1S/C12H18N2O3S/c15-11-2-1-4-14-7-10(13-12(11)14)6-9-3-5-18(16,17)8-9/h7,9,11,15H,1-6,8H2. The summed E-state index contributed by atoms with van der Waals surface area (Å²) in [6.07, 6.45) is 4.72. The van der Waals surface area contributed by atoms with E-state index in [1.165, 1.54) is 0 Å². The Morgan fingerprint density at radius 1 is 1.44 bits per heavy atom. The molecule has 1 N–H and O–H groups in total. The largest absolute Gasteiger partial charge is 0.385 e. The van der Waals surface area contributed by atoms with E-state index >= 15 is 0 Å². The number of aromatic nitrogens is 2. The van der Waals surface area contributed by atoms with E-state index in [0.717, 1.165) is 37.3 Å². The summed E-state index contributed by atoms with van der Waals surface area (Å²) in [6.45, 7) is 0.905. The smallest absolute Gasteiger partial charge is 0.150 e. The van der Waals surface area contributed by atoms with Crippen molar-refractivity contribution in [3.63, 3.8) is 0 Å². The molecule has 2 atom stereocenters. The summed E-state index contributed by atoms with van der Waals surface area (Å²) in [5.41, 5.74) is 0.924. The lowest BCUT2D eigenvalue weighted by Gasteiger charge is -2.18. The molecule has 6 heteroatoms. The Morgan fingerprint density at radius 3 is 2.94 bits per heavy atom. The van der Waals surface area contributed by atoms with Crippen molar-refractivity contribution in [1.29, 1.82) is 0 Å². The second kappa shape index (κ2) is 4.35. The highest BCUT2D eigenvalue weighted by molar-refractivity contribution is 7.91. The van der Waals surface area contributed by atoms with Crippen LogP contribution in [-0.4, -0.2) is 34.6 Å². The number of aryl methyl sites for hydroxylation is 1. The number of nitrogens with zero attached hydrogens (tertiary/aromatic N) is 2. The van der Waals surface area contributed by atoms with E-state index in [1.54, 1.807) is 0 Å². The third-order valence-corrected chi connectivity index (χ3v) is 5.69. The van der Waals surface area contributed by atoms with Crippen LogP contribution in [0.5, 0.6) is 0 Å². The SMILES string of the molecule is O=S1(=O)CCC(Cc2cn3c(n2)C(O)CCC3)C1. The summed E-state index contributed by atoms with van der Waals surface area (Å²) in [5.74, 6) is 1.55. The van der Waals surface area contributed by atoms with Crippen molar-refractivity contribution in [2.24, 2.45) is 5.92 Å². The first-order chi connectivity index (χ1) is 8.53. The Hall–Kier alpha value is -0.880. The summed E-state index contributed by atoms with van der Waals surface area (Å²) < 4.78 is 24.8. The molecule has 0 spiro atoms. The third kappa shape index (κ3) is 2.31. The quantitative estimate of drug-likeness (QED) is 0.858. The monoisotopic (exact) mass is 270 g/mol. The highest BCUT2D eigenvalue weighted by Gasteiger charge is 2.29. The predicted molar refractivity (Wildman–Crippen MR) is 66.9 cm³/mol. The molecule has 2 aliphatic heterocycles. The number of aliphatic hydroxyl groups excluding tert-OH is 1. The zero-order valence-corrected chi connectivity index (χ0v) is 11.1. The van der Waals surface area contributed by atoms with E-state index in [1.807, 2.05) is 10.8 Å². The first kappa shape index (κ1) is 12.2. The average molecular weight is 270 g/mol. The van der Waals surface area contributed by atoms with Crippen LogP contribution in [0.4, 0.5) is 0 Å². The van der Waals surface area contributed by atoms with Crippen molar-refractivity contribution in [2.75, 3.05) is 11.5 Å². The lowest BCUT2D eigenvalue weighted by molar-refractivity contribution is 0.133. The number of rotatable bonds is 2. The van der Waals surface area contributed by atoms with Crippen molar-refractivity contribution in [3.8, 4) is 0 Å². The van der Waals surface area contributed by atoms with Gasteiger partial charge in [0.15, 0.2) is 9.84 Å². The van der Waals surface area contributed by atoms with Gasteiger partial charge in [0.05, 0.1) is 17.2 Å². The van der Waals surface area contributed by atoms with Crippen LogP contribution in [0.1, 0.15) is 36.9 Å². The van der Waals surface area contributed by atoms with Gasteiger partial charge in [-0.25, -0.2) is 13.4 Å². The topological polar surface area (TPSA) is 72.2 Å². The van der Waals surface area contributed by atoms with Crippen LogP contribution in [-0.2, 0) is 22.8 Å². The summed E-state index contributed by atoms with van der Waals surface area (Å²) in [7, 11) is -2.81. The molecular weight excluding hydrogens is 252 g/mol. The van der Waals surface area contributed by atoms with Gasteiger partial charge >= 0.3 is 0 Å². The Kier molecular flexibility index (Phi) is 2.94. The Labute approximate surface area is 107 Å². The van der Waals surface area contributed by atoms with Crippen LogP contribution in [0.2, 0.25) is 0 Å². The van der Waals surface area contributed by atoms with Crippen LogP contribution < -0.4 is 0 Å². The maximum atomic E-state index is 11.4. The Bertz CT molecular complexity index is 550. The van der Waals surface area contributed by atoms with Crippen molar-refractivity contribution < 1.29 is 13.5 Å². The molecule has 2 unspecified atom stereocenters. The molecule has 3 heterocycles. The number of hydrogen-bond acceptors (Lipinski definition) is 4. The summed E-state index contributed by atoms with van der Waals surface area (Å²) in [4.78, 5) is 4.46. The minimum atomic E-state index is -2.81. The number of fused-ring (bicyclic) bond motifs is 1. The number of aliphatic hydroxyl groups is 1. The average Bonchev–Trinajstić information content (AvgIpc) is 2.83. The van der Waals surface area contributed by atoms with Crippen LogP contribution in [0.3, 0.4) is 0 Å². The van der Waals surface area contributed by atoms with Gasteiger partial charge in [0, 0.05) is 12.7 Å². The van der Waals surface area contributed by atoms with E-state index in [-0.39, 0.29) is 11.7 Å². The van der Waals surface area contributed by atoms with E-state index in [2.05, 4.69) is 4.98 Å². The van der Waals surface area contributed by atoms with Gasteiger partial charge in [0.2, 0.25) is 0 Å². The number of hydrogen-bond donors (Lipinski definition) is 1. The Morgan fingerprint density at radius 2 is 2.28 bits per heavy atom. The van der Waals surface area contributed by atoms with E-state index in [0.29, 0.717) is 12.2 Å². The van der Waals surface area contributed by atoms with Gasteiger partial charge in [-0.15, -0.1) is 0 Å². The van der Waals surface area contributed by atoms with Crippen molar-refractivity contribution in [3.05, 3.63) is 17.7 Å². The maximum absolute atomic E-state index is 11.4. The van der Waals surface area contributed by atoms with E-state index in [9.17, 15) is 13.5 Å². The molecule has 0 aromatic carbocycles. The predicted octanol–water partition coefficient (Wildman–Crippen LogP) is 0.688. The third-order valence-electron chi connectivity index (χ3n) is 3.86. The van der Waals surface area contributed by atoms with Crippen LogP contribution in [0, 0.1) is 5.92 Å². The van der Waals surface area contributed by atoms with Crippen molar-refractivity contribution in [2.45, 2.75) is 38.3 Å². The minimum absolute atomic E-state index is 0.198. The van der Waals surface area contributed by atoms with Crippen LogP contribution in [0.25, 0.3) is 0 Å². The molecule has 1 aromatic heterocycles. The van der Waals surface area contributed by atoms with Gasteiger partial charge in [-0.1, -0.05) is 0 Å².